The molecular weight excluding hydrogens is 248 g/mol. The zero-order chi connectivity index (χ0) is 12.3. The van der Waals surface area contributed by atoms with E-state index in [0.717, 1.165) is 0 Å². The molecule has 0 bridgehead atoms. The summed E-state index contributed by atoms with van der Waals surface area (Å²) < 4.78 is 32.4. The highest BCUT2D eigenvalue weighted by Gasteiger charge is 2.30. The Morgan fingerprint density at radius 2 is 2.06 bits per heavy atom. The first kappa shape index (κ1) is 12.8. The van der Waals surface area contributed by atoms with Gasteiger partial charge in [0.2, 0.25) is 5.39 Å². The Hall–Kier alpha value is -1.27. The summed E-state index contributed by atoms with van der Waals surface area (Å²) in [6, 6.07) is -1.12. The van der Waals surface area contributed by atoms with Crippen LogP contribution in [0.3, 0.4) is 0 Å². The van der Waals surface area contributed by atoms with Gasteiger partial charge in [0.05, 0.1) is 0 Å². The van der Waals surface area contributed by atoms with E-state index < -0.39 is 33.8 Å². The second-order valence-corrected chi connectivity index (χ2v) is 3.75. The number of nitrogens with two attached hydrogens (primary N) is 1. The van der Waals surface area contributed by atoms with Crippen molar-refractivity contribution in [1.29, 1.82) is 0 Å². The number of carbonyl (C=O) groups excluding carboxylic acids is 2. The number of hydrogen-bond acceptors (Lipinski definition) is 9. The lowest BCUT2D eigenvalue weighted by atomic mass is 10.2. The molecule has 0 saturated carbocycles. The molecule has 10 nitrogen and oxygen atoms in total. The van der Waals surface area contributed by atoms with E-state index in [2.05, 4.69) is 14.0 Å². The van der Waals surface area contributed by atoms with Crippen LogP contribution in [-0.2, 0) is 33.9 Å². The highest BCUT2D eigenvalue weighted by atomic mass is 32.3. The van der Waals surface area contributed by atoms with Crippen LogP contribution in [0.1, 0.15) is 12.8 Å². The minimum Gasteiger partial charge on any atom is -0.318 e. The van der Waals surface area contributed by atoms with Crippen LogP contribution in [0.2, 0.25) is 0 Å². The van der Waals surface area contributed by atoms with E-state index in [1.165, 1.54) is 0 Å². The van der Waals surface area contributed by atoms with E-state index in [1.54, 1.807) is 0 Å². The molecule has 16 heavy (non-hydrogen) atoms. The van der Waals surface area contributed by atoms with Crippen molar-refractivity contribution in [2.75, 3.05) is 0 Å². The third-order valence-electron chi connectivity index (χ3n) is 1.46. The summed E-state index contributed by atoms with van der Waals surface area (Å²) in [4.78, 5) is 30.2. The molecule has 0 aromatic carbocycles. The van der Waals surface area contributed by atoms with Crippen LogP contribution in [-0.4, -0.2) is 36.3 Å². The summed E-state index contributed by atoms with van der Waals surface area (Å²) in [7, 11) is -4.99. The van der Waals surface area contributed by atoms with Gasteiger partial charge in [-0.05, 0) is 6.42 Å². The maximum Gasteiger partial charge on any atom is 0.419 e. The molecular formula is C5H8N2O8S. The predicted molar refractivity (Wildman–Crippen MR) is 43.9 cm³/mol. The van der Waals surface area contributed by atoms with Crippen LogP contribution >= 0.6 is 0 Å². The van der Waals surface area contributed by atoms with Gasteiger partial charge in [-0.2, -0.15) is 8.42 Å². The average Bonchev–Trinajstić information content (AvgIpc) is 2.09. The first-order chi connectivity index (χ1) is 7.28. The Bertz CT molecular complexity index is 391. The van der Waals surface area contributed by atoms with Gasteiger partial charge >= 0.3 is 22.3 Å². The molecule has 0 aromatic heterocycles. The van der Waals surface area contributed by atoms with Crippen LogP contribution < -0.4 is 5.73 Å². The number of nitrogens with zero attached hydrogens (tertiary/aromatic N) is 1. The van der Waals surface area contributed by atoms with Crippen LogP contribution in [0.4, 0.5) is 0 Å². The Kier molecular flexibility index (Phi) is 3.77. The molecule has 1 aliphatic rings. The number of hydrogen-bond donors (Lipinski definition) is 2. The van der Waals surface area contributed by atoms with Crippen molar-refractivity contribution in [3.8, 4) is 0 Å². The summed E-state index contributed by atoms with van der Waals surface area (Å²) in [5.74, 6) is -2.01. The van der Waals surface area contributed by atoms with E-state index in [4.69, 9.17) is 10.3 Å². The van der Waals surface area contributed by atoms with Gasteiger partial charge in [0.25, 0.3) is 0 Å². The lowest BCUT2D eigenvalue weighted by Gasteiger charge is -2.20. The second kappa shape index (κ2) is 4.71. The fourth-order valence-electron chi connectivity index (χ4n) is 0.787. The van der Waals surface area contributed by atoms with Gasteiger partial charge < -0.3 is 15.4 Å². The third-order valence-corrected chi connectivity index (χ3v) is 1.77. The molecule has 1 atom stereocenters. The van der Waals surface area contributed by atoms with Gasteiger partial charge in [-0.25, -0.2) is 4.79 Å². The number of carbonyl (C=O) groups is 2. The monoisotopic (exact) mass is 256 g/mol. The van der Waals surface area contributed by atoms with Gasteiger partial charge in [-0.15, -0.1) is 0 Å². The summed E-state index contributed by atoms with van der Waals surface area (Å²) in [5.41, 5.74) is 5.26. The molecule has 1 aliphatic heterocycles. The van der Waals surface area contributed by atoms with E-state index in [-0.39, 0.29) is 12.8 Å². The molecule has 3 N–H and O–H groups in total. The molecule has 0 aromatic rings. The van der Waals surface area contributed by atoms with Crippen molar-refractivity contribution in [3.63, 3.8) is 0 Å². The van der Waals surface area contributed by atoms with Crippen molar-refractivity contribution < 1.29 is 36.5 Å². The lowest BCUT2D eigenvalue weighted by molar-refractivity contribution is -0.449. The molecule has 1 rings (SSSR count). The lowest BCUT2D eigenvalue weighted by Crippen LogP contribution is -2.42. The van der Waals surface area contributed by atoms with E-state index in [1.807, 2.05) is 0 Å². The van der Waals surface area contributed by atoms with Gasteiger partial charge in [-0.3, -0.25) is 9.35 Å². The van der Waals surface area contributed by atoms with Crippen LogP contribution in [0.5, 0.6) is 0 Å². The molecule has 0 amide bonds. The van der Waals surface area contributed by atoms with Gasteiger partial charge in [0, 0.05) is 6.42 Å². The first-order valence-electron chi connectivity index (χ1n) is 3.93. The second-order valence-electron chi connectivity index (χ2n) is 2.74. The summed E-state index contributed by atoms with van der Waals surface area (Å²) >= 11 is 0. The van der Waals surface area contributed by atoms with E-state index >= 15 is 0 Å². The van der Waals surface area contributed by atoms with Crippen LogP contribution in [0.15, 0.2) is 0 Å². The summed E-state index contributed by atoms with van der Waals surface area (Å²) in [6.45, 7) is 0. The molecule has 0 aliphatic carbocycles. The maximum absolute atomic E-state index is 11.0. The fraction of sp³-hybridized carbons (Fsp3) is 0.600. The van der Waals surface area contributed by atoms with Crippen molar-refractivity contribution >= 4 is 22.3 Å². The molecule has 1 fully saturated rings. The maximum atomic E-state index is 11.0. The van der Waals surface area contributed by atoms with E-state index in [0.29, 0.717) is 0 Å². The average molecular weight is 256 g/mol. The molecule has 0 unspecified atom stereocenters. The Labute approximate surface area is 89.7 Å². The topological polar surface area (TPSA) is 145 Å². The van der Waals surface area contributed by atoms with Gasteiger partial charge in [0.15, 0.2) is 0 Å². The number of rotatable bonds is 2. The Balaban J connectivity index is 2.74. The van der Waals surface area contributed by atoms with Crippen LogP contribution in [0, 0.1) is 0 Å². The molecule has 11 heteroatoms. The third kappa shape index (κ3) is 4.08. The largest absolute Gasteiger partial charge is 0.419 e. The normalized spacial score (nSPS) is 24.2. The highest BCUT2D eigenvalue weighted by Crippen LogP contribution is 2.09. The smallest absolute Gasteiger partial charge is 0.318 e. The quantitative estimate of drug-likeness (QED) is 0.535. The summed E-state index contributed by atoms with van der Waals surface area (Å²) in [5, 5.41) is -0.418. The van der Waals surface area contributed by atoms with Crippen molar-refractivity contribution in [2.45, 2.75) is 18.9 Å². The standard InChI is InChI=1S/C5H8N2O8S/c6-3-1-2-4(8)13-7(14-5(3)9)15-16(10,11)12/h3H,1-2,6H2,(H,10,11,12)/t3-/m1/s1. The zero-order valence-electron chi connectivity index (χ0n) is 7.73. The fourth-order valence-corrected chi connectivity index (χ4v) is 1.00. The highest BCUT2D eigenvalue weighted by molar-refractivity contribution is 7.80. The zero-order valence-corrected chi connectivity index (χ0v) is 8.55. The van der Waals surface area contributed by atoms with Crippen molar-refractivity contribution in [2.24, 2.45) is 5.73 Å². The molecule has 1 saturated heterocycles. The van der Waals surface area contributed by atoms with Crippen molar-refractivity contribution in [3.05, 3.63) is 0 Å². The van der Waals surface area contributed by atoms with Crippen LogP contribution in [0.25, 0.3) is 0 Å². The predicted octanol–water partition coefficient (Wildman–Crippen LogP) is -1.94. The van der Waals surface area contributed by atoms with Gasteiger partial charge in [0.1, 0.15) is 6.04 Å². The Morgan fingerprint density at radius 3 is 2.62 bits per heavy atom. The Morgan fingerprint density at radius 1 is 1.44 bits per heavy atom. The SMILES string of the molecule is N[C@@H]1CCC(=O)ON(OS(=O)(=O)O)OC1=O. The van der Waals surface area contributed by atoms with Crippen molar-refractivity contribution in [1.82, 2.24) is 5.39 Å². The van der Waals surface area contributed by atoms with Gasteiger partial charge in [-0.1, -0.05) is 4.28 Å². The summed E-state index contributed by atoms with van der Waals surface area (Å²) in [6.07, 6.45) is -0.251. The molecule has 92 valence electrons. The van der Waals surface area contributed by atoms with E-state index in [9.17, 15) is 18.0 Å². The minimum atomic E-state index is -4.99. The minimum absolute atomic E-state index is 0.0165. The molecule has 1 heterocycles. The molecule has 0 spiro atoms. The first-order valence-corrected chi connectivity index (χ1v) is 5.30. The molecule has 0 radical (unpaired) electrons.